The summed E-state index contributed by atoms with van der Waals surface area (Å²) in [6, 6.07) is 8.31. The minimum absolute atomic E-state index is 0.347. The topological polar surface area (TPSA) is 43.9 Å². The van der Waals surface area contributed by atoms with Crippen molar-refractivity contribution in [3.05, 3.63) is 55.1 Å². The lowest BCUT2D eigenvalue weighted by molar-refractivity contribution is -0.151. The third-order valence-corrected chi connectivity index (χ3v) is 4.10. The first-order valence-electron chi connectivity index (χ1n) is 8.18. The van der Waals surface area contributed by atoms with Gasteiger partial charge in [-0.3, -0.25) is 9.59 Å². The van der Waals surface area contributed by atoms with E-state index in [1.165, 1.54) is 10.5 Å². The van der Waals surface area contributed by atoms with Gasteiger partial charge in [0.15, 0.2) is 0 Å². The first-order valence-corrected chi connectivity index (χ1v) is 8.18. The lowest BCUT2D eigenvalue weighted by Crippen LogP contribution is -2.53. The molecule has 0 unspecified atom stereocenters. The van der Waals surface area contributed by atoms with Crippen molar-refractivity contribution in [1.29, 1.82) is 0 Å². The lowest BCUT2D eigenvalue weighted by Gasteiger charge is -2.36. The Morgan fingerprint density at radius 3 is 2.29 bits per heavy atom. The van der Waals surface area contributed by atoms with E-state index in [2.05, 4.69) is 43.2 Å². The first-order chi connectivity index (χ1) is 11.6. The van der Waals surface area contributed by atoms with E-state index in [0.29, 0.717) is 26.2 Å². The number of hydrogen-bond donors (Lipinski definition) is 0. The number of nitrogens with zero attached hydrogens (tertiary/aromatic N) is 3. The van der Waals surface area contributed by atoms with Crippen molar-refractivity contribution < 1.29 is 9.59 Å². The highest BCUT2D eigenvalue weighted by Gasteiger charge is 2.28. The zero-order valence-corrected chi connectivity index (χ0v) is 14.3. The van der Waals surface area contributed by atoms with Crippen LogP contribution in [-0.2, 0) is 9.59 Å². The average Bonchev–Trinajstić information content (AvgIpc) is 2.60. The van der Waals surface area contributed by atoms with Crippen LogP contribution < -0.4 is 4.90 Å². The Morgan fingerprint density at radius 2 is 1.75 bits per heavy atom. The Bertz CT molecular complexity index is 609. The van der Waals surface area contributed by atoms with Gasteiger partial charge in [0, 0.05) is 45.0 Å². The van der Waals surface area contributed by atoms with Crippen molar-refractivity contribution in [2.45, 2.75) is 6.92 Å². The maximum Gasteiger partial charge on any atom is 0.312 e. The molecule has 0 bridgehead atoms. The van der Waals surface area contributed by atoms with E-state index in [4.69, 9.17) is 0 Å². The summed E-state index contributed by atoms with van der Waals surface area (Å²) in [5.41, 5.74) is 2.37. The van der Waals surface area contributed by atoms with Crippen molar-refractivity contribution in [2.24, 2.45) is 0 Å². The molecule has 0 saturated carbocycles. The number of carbonyl (C=O) groups excluding carboxylic acids is 2. The van der Waals surface area contributed by atoms with Crippen molar-refractivity contribution in [1.82, 2.24) is 9.80 Å². The number of piperazine rings is 1. The van der Waals surface area contributed by atoms with Crippen LogP contribution in [0.4, 0.5) is 5.69 Å². The maximum atomic E-state index is 12.4. The number of rotatable bonds is 5. The molecule has 1 heterocycles. The van der Waals surface area contributed by atoms with Gasteiger partial charge >= 0.3 is 11.8 Å². The van der Waals surface area contributed by atoms with E-state index >= 15 is 0 Å². The molecule has 1 aromatic carbocycles. The fraction of sp³-hybridized carbons (Fsp3) is 0.368. The van der Waals surface area contributed by atoms with Gasteiger partial charge in [-0.15, -0.1) is 13.2 Å². The third-order valence-electron chi connectivity index (χ3n) is 4.10. The molecule has 5 nitrogen and oxygen atoms in total. The van der Waals surface area contributed by atoms with Crippen molar-refractivity contribution in [2.75, 3.05) is 44.2 Å². The summed E-state index contributed by atoms with van der Waals surface area (Å²) in [7, 11) is 0. The summed E-state index contributed by atoms with van der Waals surface area (Å²) < 4.78 is 0. The largest absolute Gasteiger partial charge is 0.368 e. The molecule has 0 aliphatic carbocycles. The average molecular weight is 327 g/mol. The molecule has 5 heteroatoms. The van der Waals surface area contributed by atoms with Crippen molar-refractivity contribution in [3.63, 3.8) is 0 Å². The highest BCUT2D eigenvalue weighted by atomic mass is 16.2. The van der Waals surface area contributed by atoms with E-state index in [0.717, 1.165) is 18.8 Å². The standard InChI is InChI=1S/C19H25N3O2/c1-4-9-21(10-5-2)18(23)19(24)22-13-11-20(12-14-22)17-8-6-7-16(3)15-17/h4-8,15H,1-2,9-14H2,3H3. The molecule has 0 radical (unpaired) electrons. The van der Waals surface area contributed by atoms with E-state index < -0.39 is 11.8 Å². The molecular formula is C19H25N3O2. The minimum atomic E-state index is -0.487. The summed E-state index contributed by atoms with van der Waals surface area (Å²) >= 11 is 0. The van der Waals surface area contributed by atoms with Gasteiger partial charge in [0.05, 0.1) is 0 Å². The highest BCUT2D eigenvalue weighted by Crippen LogP contribution is 2.18. The molecular weight excluding hydrogens is 302 g/mol. The quantitative estimate of drug-likeness (QED) is 0.612. The Morgan fingerprint density at radius 1 is 1.12 bits per heavy atom. The molecule has 2 rings (SSSR count). The Kier molecular flexibility index (Phi) is 6.18. The zero-order chi connectivity index (χ0) is 17.5. The fourth-order valence-corrected chi connectivity index (χ4v) is 2.81. The predicted octanol–water partition coefficient (Wildman–Crippen LogP) is 1.84. The van der Waals surface area contributed by atoms with E-state index in [1.807, 2.05) is 6.07 Å². The molecule has 0 aromatic heterocycles. The molecule has 24 heavy (non-hydrogen) atoms. The highest BCUT2D eigenvalue weighted by molar-refractivity contribution is 6.35. The Hall–Kier alpha value is -2.56. The number of aryl methyl sites for hydroxylation is 1. The lowest BCUT2D eigenvalue weighted by atomic mass is 10.2. The summed E-state index contributed by atoms with van der Waals surface area (Å²) in [6.45, 7) is 12.6. The summed E-state index contributed by atoms with van der Waals surface area (Å²) in [5, 5.41) is 0. The van der Waals surface area contributed by atoms with Gasteiger partial charge in [-0.2, -0.15) is 0 Å². The van der Waals surface area contributed by atoms with Crippen molar-refractivity contribution >= 4 is 17.5 Å². The van der Waals surface area contributed by atoms with Crippen molar-refractivity contribution in [3.8, 4) is 0 Å². The van der Waals surface area contributed by atoms with Crippen LogP contribution in [-0.4, -0.2) is 60.9 Å². The smallest absolute Gasteiger partial charge is 0.312 e. The maximum absolute atomic E-state index is 12.4. The van der Waals surface area contributed by atoms with Crippen LogP contribution in [0.3, 0.4) is 0 Å². The second kappa shape index (κ2) is 8.34. The molecule has 0 spiro atoms. The predicted molar refractivity (Wildman–Crippen MR) is 96.9 cm³/mol. The Balaban J connectivity index is 1.95. The summed E-state index contributed by atoms with van der Waals surface area (Å²) in [5.74, 6) is -0.929. The van der Waals surface area contributed by atoms with Gasteiger partial charge in [-0.05, 0) is 24.6 Å². The molecule has 0 atom stereocenters. The summed E-state index contributed by atoms with van der Waals surface area (Å²) in [6.07, 6.45) is 3.23. The molecule has 0 N–H and O–H groups in total. The van der Waals surface area contributed by atoms with Gasteiger partial charge in [-0.25, -0.2) is 0 Å². The van der Waals surface area contributed by atoms with Gasteiger partial charge < -0.3 is 14.7 Å². The number of carbonyl (C=O) groups is 2. The van der Waals surface area contributed by atoms with E-state index in [-0.39, 0.29) is 0 Å². The van der Waals surface area contributed by atoms with Gasteiger partial charge in [0.1, 0.15) is 0 Å². The van der Waals surface area contributed by atoms with Gasteiger partial charge in [-0.1, -0.05) is 24.3 Å². The monoisotopic (exact) mass is 327 g/mol. The van der Waals surface area contributed by atoms with Crippen LogP contribution >= 0.6 is 0 Å². The number of anilines is 1. The number of benzene rings is 1. The van der Waals surface area contributed by atoms with E-state index in [1.54, 1.807) is 17.1 Å². The molecule has 1 saturated heterocycles. The van der Waals surface area contributed by atoms with Crippen LogP contribution in [0.5, 0.6) is 0 Å². The van der Waals surface area contributed by atoms with Crippen LogP contribution in [0.1, 0.15) is 5.56 Å². The molecule has 1 aliphatic heterocycles. The van der Waals surface area contributed by atoms with Crippen LogP contribution in [0, 0.1) is 6.92 Å². The van der Waals surface area contributed by atoms with Gasteiger partial charge in [0.2, 0.25) is 0 Å². The van der Waals surface area contributed by atoms with Crippen LogP contribution in [0.2, 0.25) is 0 Å². The number of amides is 2. The third kappa shape index (κ3) is 4.25. The van der Waals surface area contributed by atoms with Gasteiger partial charge in [0.25, 0.3) is 0 Å². The summed E-state index contributed by atoms with van der Waals surface area (Å²) in [4.78, 5) is 30.1. The molecule has 2 amide bonds. The fourth-order valence-electron chi connectivity index (χ4n) is 2.81. The first kappa shape index (κ1) is 17.8. The van der Waals surface area contributed by atoms with Crippen LogP contribution in [0.15, 0.2) is 49.6 Å². The second-order valence-electron chi connectivity index (χ2n) is 5.91. The van der Waals surface area contributed by atoms with E-state index in [9.17, 15) is 9.59 Å². The molecule has 1 aliphatic rings. The Labute approximate surface area is 143 Å². The second-order valence-corrected chi connectivity index (χ2v) is 5.91. The SMILES string of the molecule is C=CCN(CC=C)C(=O)C(=O)N1CCN(c2cccc(C)c2)CC1. The molecule has 128 valence electrons. The molecule has 1 fully saturated rings. The zero-order valence-electron chi connectivity index (χ0n) is 14.3. The molecule has 1 aromatic rings. The van der Waals surface area contributed by atoms with Crippen LogP contribution in [0.25, 0.3) is 0 Å². The number of hydrogen-bond acceptors (Lipinski definition) is 3. The normalized spacial score (nSPS) is 14.2. The minimum Gasteiger partial charge on any atom is -0.368 e.